The largest absolute Gasteiger partial charge is 0.348 e. The fourth-order valence-corrected chi connectivity index (χ4v) is 1.98. The zero-order valence-electron chi connectivity index (χ0n) is 9.92. The molecule has 0 unspecified atom stereocenters. The molecule has 1 saturated heterocycles. The van der Waals surface area contributed by atoms with Crippen molar-refractivity contribution in [1.82, 2.24) is 10.6 Å². The third kappa shape index (κ3) is 3.03. The number of aryl methyl sites for hydroxylation is 1. The Balaban J connectivity index is 2.01. The molecule has 1 aromatic rings. The van der Waals surface area contributed by atoms with E-state index in [1.54, 1.807) is 19.1 Å². The quantitative estimate of drug-likeness (QED) is 0.819. The van der Waals surface area contributed by atoms with Gasteiger partial charge < -0.3 is 10.6 Å². The molecule has 1 fully saturated rings. The fraction of sp³-hybridized carbons (Fsp3) is 0.462. The van der Waals surface area contributed by atoms with Gasteiger partial charge in [-0.3, -0.25) is 4.79 Å². The van der Waals surface area contributed by atoms with Crippen molar-refractivity contribution in [3.05, 3.63) is 35.1 Å². The molecular formula is C13H17FN2O. The lowest BCUT2D eigenvalue weighted by molar-refractivity contribution is 0.0930. The van der Waals surface area contributed by atoms with E-state index in [2.05, 4.69) is 10.6 Å². The molecule has 0 spiro atoms. The molecule has 1 amide bonds. The van der Waals surface area contributed by atoms with Gasteiger partial charge in [-0.25, -0.2) is 4.39 Å². The van der Waals surface area contributed by atoms with Crippen LogP contribution in [0.4, 0.5) is 4.39 Å². The average molecular weight is 236 g/mol. The van der Waals surface area contributed by atoms with E-state index in [1.165, 1.54) is 6.07 Å². The molecule has 0 radical (unpaired) electrons. The molecular weight excluding hydrogens is 219 g/mol. The first-order chi connectivity index (χ1) is 8.16. The summed E-state index contributed by atoms with van der Waals surface area (Å²) in [5.74, 6) is -0.531. The third-order valence-electron chi connectivity index (χ3n) is 3.07. The number of carbonyl (C=O) groups is 1. The minimum absolute atomic E-state index is 0.153. The minimum Gasteiger partial charge on any atom is -0.348 e. The molecule has 1 aliphatic rings. The van der Waals surface area contributed by atoms with Crippen LogP contribution in [0.2, 0.25) is 0 Å². The zero-order valence-corrected chi connectivity index (χ0v) is 9.92. The lowest BCUT2D eigenvalue weighted by Crippen LogP contribution is -2.45. The predicted octanol–water partition coefficient (Wildman–Crippen LogP) is 1.62. The van der Waals surface area contributed by atoms with E-state index in [-0.39, 0.29) is 17.8 Å². The number of rotatable bonds is 2. The summed E-state index contributed by atoms with van der Waals surface area (Å²) >= 11 is 0. The highest BCUT2D eigenvalue weighted by Gasteiger charge is 2.16. The van der Waals surface area contributed by atoms with E-state index in [0.29, 0.717) is 11.1 Å². The maximum absolute atomic E-state index is 13.3. The van der Waals surface area contributed by atoms with Gasteiger partial charge in [-0.05, 0) is 44.0 Å². The van der Waals surface area contributed by atoms with E-state index in [1.807, 2.05) is 0 Å². The van der Waals surface area contributed by atoms with Gasteiger partial charge in [0.05, 0.1) is 0 Å². The van der Waals surface area contributed by atoms with Gasteiger partial charge in [0.15, 0.2) is 0 Å². The Morgan fingerprint density at radius 2 is 2.35 bits per heavy atom. The van der Waals surface area contributed by atoms with Gasteiger partial charge in [0.2, 0.25) is 0 Å². The lowest BCUT2D eigenvalue weighted by Gasteiger charge is -2.23. The molecule has 1 heterocycles. The normalized spacial score (nSPS) is 20.0. The summed E-state index contributed by atoms with van der Waals surface area (Å²) in [4.78, 5) is 11.9. The number of nitrogens with one attached hydrogen (secondary N) is 2. The standard InChI is InChI=1S/C13H17FN2O/c1-9-4-5-10(7-12(9)14)13(17)16-11-3-2-6-15-8-11/h4-5,7,11,15H,2-3,6,8H2,1H3,(H,16,17)/t11-/m1/s1. The van der Waals surface area contributed by atoms with Crippen molar-refractivity contribution < 1.29 is 9.18 Å². The van der Waals surface area contributed by atoms with E-state index >= 15 is 0 Å². The molecule has 2 rings (SSSR count). The van der Waals surface area contributed by atoms with Crippen molar-refractivity contribution in [3.63, 3.8) is 0 Å². The minimum atomic E-state index is -0.334. The summed E-state index contributed by atoms with van der Waals surface area (Å²) in [6, 6.07) is 4.73. The highest BCUT2D eigenvalue weighted by atomic mass is 19.1. The van der Waals surface area contributed by atoms with Crippen molar-refractivity contribution in [3.8, 4) is 0 Å². The van der Waals surface area contributed by atoms with Crippen LogP contribution in [0, 0.1) is 12.7 Å². The van der Waals surface area contributed by atoms with E-state index in [9.17, 15) is 9.18 Å². The van der Waals surface area contributed by atoms with Crippen LogP contribution < -0.4 is 10.6 Å². The predicted molar refractivity (Wildman–Crippen MR) is 64.5 cm³/mol. The molecule has 3 nitrogen and oxygen atoms in total. The SMILES string of the molecule is Cc1ccc(C(=O)N[C@@H]2CCCNC2)cc1F. The Morgan fingerprint density at radius 3 is 3.00 bits per heavy atom. The summed E-state index contributed by atoms with van der Waals surface area (Å²) in [5.41, 5.74) is 0.944. The maximum atomic E-state index is 13.3. The number of benzene rings is 1. The van der Waals surface area contributed by atoms with Gasteiger partial charge >= 0.3 is 0 Å². The Bertz CT molecular complexity index is 414. The van der Waals surface area contributed by atoms with Gasteiger partial charge in [-0.2, -0.15) is 0 Å². The van der Waals surface area contributed by atoms with Crippen LogP contribution in [-0.2, 0) is 0 Å². The maximum Gasteiger partial charge on any atom is 0.251 e. The number of piperidine rings is 1. The average Bonchev–Trinajstić information content (AvgIpc) is 2.34. The second-order valence-corrected chi connectivity index (χ2v) is 4.48. The Kier molecular flexibility index (Phi) is 3.74. The fourth-order valence-electron chi connectivity index (χ4n) is 1.98. The van der Waals surface area contributed by atoms with Crippen molar-refractivity contribution in [2.24, 2.45) is 0 Å². The van der Waals surface area contributed by atoms with E-state index in [4.69, 9.17) is 0 Å². The van der Waals surface area contributed by atoms with Crippen molar-refractivity contribution >= 4 is 5.91 Å². The number of amides is 1. The third-order valence-corrected chi connectivity index (χ3v) is 3.07. The van der Waals surface area contributed by atoms with Crippen LogP contribution in [-0.4, -0.2) is 25.0 Å². The molecule has 92 valence electrons. The van der Waals surface area contributed by atoms with Gasteiger partial charge in [-0.1, -0.05) is 6.07 Å². The van der Waals surface area contributed by atoms with Crippen LogP contribution >= 0.6 is 0 Å². The lowest BCUT2D eigenvalue weighted by atomic mass is 10.1. The van der Waals surface area contributed by atoms with E-state index in [0.717, 1.165) is 25.9 Å². The summed E-state index contributed by atoms with van der Waals surface area (Å²) in [6.45, 7) is 3.48. The molecule has 2 N–H and O–H groups in total. The summed E-state index contributed by atoms with van der Waals surface area (Å²) in [5, 5.41) is 6.14. The van der Waals surface area contributed by atoms with Gasteiger partial charge in [0.1, 0.15) is 5.82 Å². The first kappa shape index (κ1) is 12.0. The van der Waals surface area contributed by atoms with E-state index < -0.39 is 0 Å². The molecule has 4 heteroatoms. The molecule has 17 heavy (non-hydrogen) atoms. The van der Waals surface area contributed by atoms with Crippen LogP contribution in [0.15, 0.2) is 18.2 Å². The van der Waals surface area contributed by atoms with Crippen LogP contribution in [0.1, 0.15) is 28.8 Å². The number of carbonyl (C=O) groups excluding carboxylic acids is 1. The molecule has 1 aliphatic heterocycles. The summed E-state index contributed by atoms with van der Waals surface area (Å²) in [6.07, 6.45) is 2.04. The van der Waals surface area contributed by atoms with Gasteiger partial charge in [-0.15, -0.1) is 0 Å². The number of hydrogen-bond acceptors (Lipinski definition) is 2. The highest BCUT2D eigenvalue weighted by Crippen LogP contribution is 2.10. The molecule has 0 aliphatic carbocycles. The molecule has 0 saturated carbocycles. The smallest absolute Gasteiger partial charge is 0.251 e. The van der Waals surface area contributed by atoms with Gasteiger partial charge in [0, 0.05) is 18.2 Å². The second kappa shape index (κ2) is 5.27. The first-order valence-electron chi connectivity index (χ1n) is 5.94. The molecule has 1 atom stereocenters. The van der Waals surface area contributed by atoms with Crippen molar-refractivity contribution in [1.29, 1.82) is 0 Å². The van der Waals surface area contributed by atoms with Crippen LogP contribution in [0.25, 0.3) is 0 Å². The highest BCUT2D eigenvalue weighted by molar-refractivity contribution is 5.94. The van der Waals surface area contributed by atoms with Crippen LogP contribution in [0.5, 0.6) is 0 Å². The number of hydrogen-bond donors (Lipinski definition) is 2. The topological polar surface area (TPSA) is 41.1 Å². The molecule has 0 aromatic heterocycles. The number of halogens is 1. The zero-order chi connectivity index (χ0) is 12.3. The van der Waals surface area contributed by atoms with Gasteiger partial charge in [0.25, 0.3) is 5.91 Å². The van der Waals surface area contributed by atoms with Crippen LogP contribution in [0.3, 0.4) is 0 Å². The molecule has 0 bridgehead atoms. The molecule has 1 aromatic carbocycles. The van der Waals surface area contributed by atoms with Crippen molar-refractivity contribution in [2.45, 2.75) is 25.8 Å². The Labute approximate surface area is 100 Å². The monoisotopic (exact) mass is 236 g/mol. The summed E-state index contributed by atoms with van der Waals surface area (Å²) in [7, 11) is 0. The summed E-state index contributed by atoms with van der Waals surface area (Å²) < 4.78 is 13.3. The second-order valence-electron chi connectivity index (χ2n) is 4.48. The Morgan fingerprint density at radius 1 is 1.53 bits per heavy atom. The first-order valence-corrected chi connectivity index (χ1v) is 5.94. The Hall–Kier alpha value is -1.42. The van der Waals surface area contributed by atoms with Crippen molar-refractivity contribution in [2.75, 3.05) is 13.1 Å².